The minimum Gasteiger partial charge on any atom is -0.465 e. The lowest BCUT2D eigenvalue weighted by Crippen LogP contribution is -2.22. The first-order valence-electron chi connectivity index (χ1n) is 8.54. The fourth-order valence-electron chi connectivity index (χ4n) is 2.52. The van der Waals surface area contributed by atoms with E-state index in [2.05, 4.69) is 15.0 Å². The summed E-state index contributed by atoms with van der Waals surface area (Å²) < 4.78 is 15.2. The molecule has 0 saturated heterocycles. The van der Waals surface area contributed by atoms with Crippen molar-refractivity contribution in [2.24, 2.45) is 0 Å². The van der Waals surface area contributed by atoms with Gasteiger partial charge in [-0.1, -0.05) is 24.3 Å². The summed E-state index contributed by atoms with van der Waals surface area (Å²) in [4.78, 5) is 39.8. The molecule has 2 aromatic carbocycles. The Bertz CT molecular complexity index is 978. The number of methoxy groups -OCH3 is 1. The molecule has 0 bridgehead atoms. The largest absolute Gasteiger partial charge is 0.465 e. The molecule has 3 aromatic rings. The van der Waals surface area contributed by atoms with Gasteiger partial charge in [-0.2, -0.15) is 0 Å². The van der Waals surface area contributed by atoms with Gasteiger partial charge in [0, 0.05) is 6.42 Å². The third-order valence-corrected chi connectivity index (χ3v) is 3.85. The maximum Gasteiger partial charge on any atom is 0.339 e. The van der Waals surface area contributed by atoms with Gasteiger partial charge in [0.25, 0.3) is 5.91 Å². The molecule has 0 atom stereocenters. The third kappa shape index (κ3) is 4.73. The van der Waals surface area contributed by atoms with Crippen LogP contribution in [0, 0.1) is 0 Å². The number of anilines is 1. The summed E-state index contributed by atoms with van der Waals surface area (Å²) in [6, 6.07) is 13.7. The summed E-state index contributed by atoms with van der Waals surface area (Å²) in [7, 11) is 1.25. The van der Waals surface area contributed by atoms with Crippen LogP contribution in [0.3, 0.4) is 0 Å². The molecule has 144 valence electrons. The number of aromatic nitrogens is 1. The van der Waals surface area contributed by atoms with Crippen LogP contribution in [0.25, 0.3) is 11.1 Å². The van der Waals surface area contributed by atoms with Gasteiger partial charge in [-0.25, -0.2) is 9.78 Å². The number of esters is 2. The molecule has 0 spiro atoms. The zero-order valence-electron chi connectivity index (χ0n) is 15.1. The SMILES string of the molecule is COC(=O)c1ccccc1NC(=O)COC(=O)CCc1nc2ccccc2o1. The van der Waals surface area contributed by atoms with E-state index in [-0.39, 0.29) is 24.1 Å². The molecule has 1 aromatic heterocycles. The molecule has 0 fully saturated rings. The van der Waals surface area contributed by atoms with Crippen molar-refractivity contribution in [1.29, 1.82) is 0 Å². The van der Waals surface area contributed by atoms with Crippen LogP contribution in [0.15, 0.2) is 52.9 Å². The summed E-state index contributed by atoms with van der Waals surface area (Å²) in [6.45, 7) is -0.470. The highest BCUT2D eigenvalue weighted by atomic mass is 16.5. The van der Waals surface area contributed by atoms with E-state index < -0.39 is 24.5 Å². The molecule has 0 aliphatic rings. The highest BCUT2D eigenvalue weighted by Gasteiger charge is 2.15. The summed E-state index contributed by atoms with van der Waals surface area (Å²) in [5.41, 5.74) is 1.85. The Morgan fingerprint density at radius 1 is 1.07 bits per heavy atom. The van der Waals surface area contributed by atoms with Crippen LogP contribution in [-0.2, 0) is 25.5 Å². The predicted molar refractivity (Wildman–Crippen MR) is 99.7 cm³/mol. The van der Waals surface area contributed by atoms with E-state index in [0.717, 1.165) is 5.52 Å². The summed E-state index contributed by atoms with van der Waals surface area (Å²) in [5.74, 6) is -1.27. The molecule has 0 saturated carbocycles. The molecule has 8 nitrogen and oxygen atoms in total. The molecule has 1 N–H and O–H groups in total. The number of ether oxygens (including phenoxy) is 2. The van der Waals surface area contributed by atoms with Crippen LogP contribution in [-0.4, -0.2) is 36.5 Å². The monoisotopic (exact) mass is 382 g/mol. The Morgan fingerprint density at radius 2 is 1.82 bits per heavy atom. The molecule has 28 heavy (non-hydrogen) atoms. The van der Waals surface area contributed by atoms with Crippen LogP contribution in [0.5, 0.6) is 0 Å². The number of benzene rings is 2. The number of amides is 1. The van der Waals surface area contributed by atoms with Crippen molar-refractivity contribution < 1.29 is 28.3 Å². The van der Waals surface area contributed by atoms with Crippen molar-refractivity contribution >= 4 is 34.6 Å². The average Bonchev–Trinajstić information content (AvgIpc) is 3.13. The molecule has 0 unspecified atom stereocenters. The highest BCUT2D eigenvalue weighted by Crippen LogP contribution is 2.17. The minimum absolute atomic E-state index is 0.0266. The van der Waals surface area contributed by atoms with E-state index in [0.29, 0.717) is 11.5 Å². The average molecular weight is 382 g/mol. The van der Waals surface area contributed by atoms with Crippen LogP contribution in [0.2, 0.25) is 0 Å². The molecule has 8 heteroatoms. The Balaban J connectivity index is 1.48. The fraction of sp³-hybridized carbons (Fsp3) is 0.200. The normalized spacial score (nSPS) is 10.5. The third-order valence-electron chi connectivity index (χ3n) is 3.85. The van der Waals surface area contributed by atoms with Crippen LogP contribution >= 0.6 is 0 Å². The minimum atomic E-state index is -0.578. The van der Waals surface area contributed by atoms with E-state index >= 15 is 0 Å². The van der Waals surface area contributed by atoms with Gasteiger partial charge >= 0.3 is 11.9 Å². The van der Waals surface area contributed by atoms with Gasteiger partial charge in [0.05, 0.1) is 24.8 Å². The summed E-state index contributed by atoms with van der Waals surface area (Å²) in [6.07, 6.45) is 0.291. The van der Waals surface area contributed by atoms with Gasteiger partial charge in [0.1, 0.15) is 5.52 Å². The molecular weight excluding hydrogens is 364 g/mol. The smallest absolute Gasteiger partial charge is 0.339 e. The highest BCUT2D eigenvalue weighted by molar-refractivity contribution is 6.01. The molecule has 0 aliphatic heterocycles. The van der Waals surface area contributed by atoms with Crippen molar-refractivity contribution in [2.45, 2.75) is 12.8 Å². The lowest BCUT2D eigenvalue weighted by Gasteiger charge is -2.09. The maximum atomic E-state index is 12.0. The first-order chi connectivity index (χ1) is 13.6. The number of fused-ring (bicyclic) bond motifs is 1. The standard InChI is InChI=1S/C20H18N2O6/c1-26-20(25)13-6-2-3-7-14(13)21-17(23)12-27-19(24)11-10-18-22-15-8-4-5-9-16(15)28-18/h2-9H,10-12H2,1H3,(H,21,23). The number of aryl methyl sites for hydroxylation is 1. The van der Waals surface area contributed by atoms with Gasteiger partial charge in [-0.15, -0.1) is 0 Å². The number of nitrogens with one attached hydrogen (secondary N) is 1. The summed E-state index contributed by atoms with van der Waals surface area (Å²) >= 11 is 0. The van der Waals surface area contributed by atoms with Gasteiger partial charge < -0.3 is 19.2 Å². The molecule has 1 heterocycles. The van der Waals surface area contributed by atoms with Crippen molar-refractivity contribution in [3.8, 4) is 0 Å². The summed E-state index contributed by atoms with van der Waals surface area (Å²) in [5, 5.41) is 2.52. The zero-order chi connectivity index (χ0) is 19.9. The second-order valence-electron chi connectivity index (χ2n) is 5.82. The topological polar surface area (TPSA) is 108 Å². The molecule has 0 radical (unpaired) electrons. The van der Waals surface area contributed by atoms with Gasteiger partial charge in [0.15, 0.2) is 18.1 Å². The first kappa shape index (κ1) is 19.1. The molecule has 0 aliphatic carbocycles. The number of hydrogen-bond donors (Lipinski definition) is 1. The second kappa shape index (κ2) is 8.81. The van der Waals surface area contributed by atoms with E-state index in [9.17, 15) is 14.4 Å². The van der Waals surface area contributed by atoms with E-state index in [1.165, 1.54) is 13.2 Å². The fourth-order valence-corrected chi connectivity index (χ4v) is 2.52. The van der Waals surface area contributed by atoms with Crippen LogP contribution in [0.1, 0.15) is 22.7 Å². The zero-order valence-corrected chi connectivity index (χ0v) is 15.1. The number of hydrogen-bond acceptors (Lipinski definition) is 7. The van der Waals surface area contributed by atoms with Gasteiger partial charge in [0.2, 0.25) is 0 Å². The van der Waals surface area contributed by atoms with Gasteiger partial charge in [-0.3, -0.25) is 9.59 Å². The Kier molecular flexibility index (Phi) is 6.01. The van der Waals surface area contributed by atoms with Crippen molar-refractivity contribution in [3.05, 3.63) is 60.0 Å². The second-order valence-corrected chi connectivity index (χ2v) is 5.82. The van der Waals surface area contributed by atoms with Crippen LogP contribution in [0.4, 0.5) is 5.69 Å². The number of nitrogens with zero attached hydrogens (tertiary/aromatic N) is 1. The lowest BCUT2D eigenvalue weighted by atomic mass is 10.2. The number of carbonyl (C=O) groups excluding carboxylic acids is 3. The van der Waals surface area contributed by atoms with E-state index in [1.807, 2.05) is 18.2 Å². The number of rotatable bonds is 7. The predicted octanol–water partition coefficient (Wildman–Crippen LogP) is 2.73. The Morgan fingerprint density at radius 3 is 2.61 bits per heavy atom. The Hall–Kier alpha value is -3.68. The van der Waals surface area contributed by atoms with Gasteiger partial charge in [-0.05, 0) is 24.3 Å². The van der Waals surface area contributed by atoms with E-state index in [4.69, 9.17) is 9.15 Å². The van der Waals surface area contributed by atoms with Crippen molar-refractivity contribution in [3.63, 3.8) is 0 Å². The van der Waals surface area contributed by atoms with E-state index in [1.54, 1.807) is 24.3 Å². The maximum absolute atomic E-state index is 12.0. The quantitative estimate of drug-likeness (QED) is 0.626. The Labute approximate surface area is 160 Å². The number of oxazole rings is 1. The number of carbonyl (C=O) groups is 3. The molecule has 1 amide bonds. The lowest BCUT2D eigenvalue weighted by molar-refractivity contribution is -0.147. The molecule has 3 rings (SSSR count). The number of para-hydroxylation sites is 3. The van der Waals surface area contributed by atoms with Crippen LogP contribution < -0.4 is 5.32 Å². The van der Waals surface area contributed by atoms with Crippen molar-refractivity contribution in [2.75, 3.05) is 19.0 Å². The molecular formula is C20H18N2O6. The van der Waals surface area contributed by atoms with Crippen molar-refractivity contribution in [1.82, 2.24) is 4.98 Å². The first-order valence-corrected chi connectivity index (χ1v) is 8.54.